The second kappa shape index (κ2) is 3.53. The molecule has 74 valence electrons. The standard InChI is InChI=1S/C10H11NO2S/c1-14(13)7-11-6-8-4-2-3-5-9(8)10(11)12/h2-5H,6-7H2,1H3. The molecule has 14 heavy (non-hydrogen) atoms. The van der Waals surface area contributed by atoms with Gasteiger partial charge < -0.3 is 4.90 Å². The van der Waals surface area contributed by atoms with Crippen molar-refractivity contribution < 1.29 is 9.00 Å². The first-order valence-electron chi connectivity index (χ1n) is 4.35. The van der Waals surface area contributed by atoms with Gasteiger partial charge in [0.1, 0.15) is 0 Å². The van der Waals surface area contributed by atoms with Gasteiger partial charge in [-0.05, 0) is 11.6 Å². The monoisotopic (exact) mass is 209 g/mol. The van der Waals surface area contributed by atoms with Gasteiger partial charge in [0.2, 0.25) is 0 Å². The highest BCUT2D eigenvalue weighted by Crippen LogP contribution is 2.21. The first-order valence-corrected chi connectivity index (χ1v) is 6.08. The van der Waals surface area contributed by atoms with Gasteiger partial charge in [-0.2, -0.15) is 0 Å². The van der Waals surface area contributed by atoms with Gasteiger partial charge in [0, 0.05) is 29.2 Å². The van der Waals surface area contributed by atoms with E-state index in [1.165, 1.54) is 0 Å². The van der Waals surface area contributed by atoms with Gasteiger partial charge >= 0.3 is 0 Å². The summed E-state index contributed by atoms with van der Waals surface area (Å²) in [5.74, 6) is 0.323. The van der Waals surface area contributed by atoms with Crippen molar-refractivity contribution in [3.8, 4) is 0 Å². The molecule has 1 heterocycles. The average Bonchev–Trinajstić information content (AvgIpc) is 2.44. The summed E-state index contributed by atoms with van der Waals surface area (Å²) in [6.07, 6.45) is 1.61. The van der Waals surface area contributed by atoms with E-state index in [2.05, 4.69) is 0 Å². The van der Waals surface area contributed by atoms with E-state index in [9.17, 15) is 9.00 Å². The molecule has 1 unspecified atom stereocenters. The number of hydrogen-bond donors (Lipinski definition) is 0. The Hall–Kier alpha value is -1.16. The van der Waals surface area contributed by atoms with E-state index in [-0.39, 0.29) is 5.91 Å². The van der Waals surface area contributed by atoms with Gasteiger partial charge in [-0.15, -0.1) is 0 Å². The molecule has 1 aromatic carbocycles. The van der Waals surface area contributed by atoms with Crippen molar-refractivity contribution in [2.45, 2.75) is 6.54 Å². The van der Waals surface area contributed by atoms with Crippen LogP contribution in [0.25, 0.3) is 0 Å². The molecule has 0 radical (unpaired) electrons. The predicted molar refractivity (Wildman–Crippen MR) is 55.2 cm³/mol. The van der Waals surface area contributed by atoms with Crippen molar-refractivity contribution in [1.29, 1.82) is 0 Å². The van der Waals surface area contributed by atoms with Crippen LogP contribution >= 0.6 is 0 Å². The zero-order chi connectivity index (χ0) is 10.1. The maximum Gasteiger partial charge on any atom is 0.255 e. The minimum absolute atomic E-state index is 0.00389. The third kappa shape index (κ3) is 1.57. The Bertz CT molecular complexity index is 403. The summed E-state index contributed by atoms with van der Waals surface area (Å²) in [4.78, 5) is 13.3. The highest BCUT2D eigenvalue weighted by Gasteiger charge is 2.26. The molecule has 1 atom stereocenters. The summed E-state index contributed by atoms with van der Waals surface area (Å²) in [5, 5.41) is 0. The third-order valence-corrected chi connectivity index (χ3v) is 2.91. The smallest absolute Gasteiger partial charge is 0.255 e. The number of nitrogens with zero attached hydrogens (tertiary/aromatic N) is 1. The first-order chi connectivity index (χ1) is 6.68. The van der Waals surface area contributed by atoms with E-state index in [1.54, 1.807) is 11.2 Å². The molecule has 0 saturated carbocycles. The summed E-state index contributed by atoms with van der Waals surface area (Å²) in [5.41, 5.74) is 1.78. The molecule has 0 fully saturated rings. The van der Waals surface area contributed by atoms with Crippen LogP contribution in [0.5, 0.6) is 0 Å². The number of fused-ring (bicyclic) bond motifs is 1. The van der Waals surface area contributed by atoms with Crippen LogP contribution in [-0.4, -0.2) is 27.1 Å². The first kappa shape index (κ1) is 9.40. The molecule has 0 N–H and O–H groups in total. The molecule has 3 nitrogen and oxygen atoms in total. The molecule has 0 aromatic heterocycles. The highest BCUT2D eigenvalue weighted by molar-refractivity contribution is 7.84. The fourth-order valence-corrected chi connectivity index (χ4v) is 2.29. The lowest BCUT2D eigenvalue weighted by molar-refractivity contribution is 0.0806. The van der Waals surface area contributed by atoms with Gasteiger partial charge in [0.25, 0.3) is 5.91 Å². The second-order valence-corrected chi connectivity index (χ2v) is 4.77. The number of carbonyl (C=O) groups is 1. The minimum atomic E-state index is -0.959. The van der Waals surface area contributed by atoms with Crippen molar-refractivity contribution in [3.63, 3.8) is 0 Å². The van der Waals surface area contributed by atoms with Gasteiger partial charge in [-0.25, -0.2) is 0 Å². The number of amides is 1. The molecular formula is C10H11NO2S. The maximum atomic E-state index is 11.7. The van der Waals surface area contributed by atoms with Crippen LogP contribution in [0, 0.1) is 0 Å². The Kier molecular flexibility index (Phi) is 2.37. The Balaban J connectivity index is 2.26. The molecule has 1 amide bonds. The molecule has 1 aliphatic heterocycles. The van der Waals surface area contributed by atoms with Gasteiger partial charge in [-0.1, -0.05) is 18.2 Å². The molecule has 2 rings (SSSR count). The zero-order valence-corrected chi connectivity index (χ0v) is 8.71. The summed E-state index contributed by atoms with van der Waals surface area (Å²) in [7, 11) is -0.959. The lowest BCUT2D eigenvalue weighted by atomic mass is 10.1. The highest BCUT2D eigenvalue weighted by atomic mass is 32.2. The Morgan fingerprint density at radius 2 is 2.14 bits per heavy atom. The lowest BCUT2D eigenvalue weighted by Crippen LogP contribution is -2.27. The molecule has 0 bridgehead atoms. The largest absolute Gasteiger partial charge is 0.322 e. The van der Waals surface area contributed by atoms with E-state index < -0.39 is 10.8 Å². The molecule has 1 aromatic rings. The fourth-order valence-electron chi connectivity index (χ4n) is 1.64. The van der Waals surface area contributed by atoms with Gasteiger partial charge in [0.15, 0.2) is 0 Å². The summed E-state index contributed by atoms with van der Waals surface area (Å²) in [6.45, 7) is 0.592. The SMILES string of the molecule is CS(=O)CN1Cc2ccccc2C1=O. The van der Waals surface area contributed by atoms with Crippen molar-refractivity contribution in [3.05, 3.63) is 35.4 Å². The van der Waals surface area contributed by atoms with Crippen LogP contribution in [0.3, 0.4) is 0 Å². The minimum Gasteiger partial charge on any atom is -0.322 e. The van der Waals surface area contributed by atoms with E-state index in [4.69, 9.17) is 0 Å². The van der Waals surface area contributed by atoms with Crippen LogP contribution in [0.4, 0.5) is 0 Å². The second-order valence-electron chi connectivity index (χ2n) is 3.36. The number of hydrogen-bond acceptors (Lipinski definition) is 2. The van der Waals surface area contributed by atoms with Gasteiger partial charge in [-0.3, -0.25) is 9.00 Å². The molecule has 0 aliphatic carbocycles. The molecular weight excluding hydrogens is 198 g/mol. The van der Waals surface area contributed by atoms with Crippen molar-refractivity contribution in [1.82, 2.24) is 4.90 Å². The average molecular weight is 209 g/mol. The molecule has 4 heteroatoms. The third-order valence-electron chi connectivity index (χ3n) is 2.23. The van der Waals surface area contributed by atoms with Crippen LogP contribution in [0.2, 0.25) is 0 Å². The Morgan fingerprint density at radius 3 is 2.79 bits per heavy atom. The number of carbonyl (C=O) groups excluding carboxylic acids is 1. The Morgan fingerprint density at radius 1 is 1.43 bits per heavy atom. The predicted octanol–water partition coefficient (Wildman–Crippen LogP) is 0.978. The number of benzene rings is 1. The molecule has 1 aliphatic rings. The number of rotatable bonds is 2. The van der Waals surface area contributed by atoms with Crippen molar-refractivity contribution >= 4 is 16.7 Å². The van der Waals surface area contributed by atoms with E-state index >= 15 is 0 Å². The lowest BCUT2D eigenvalue weighted by Gasteiger charge is -2.12. The topological polar surface area (TPSA) is 37.4 Å². The summed E-state index contributed by atoms with van der Waals surface area (Å²) >= 11 is 0. The molecule has 0 spiro atoms. The van der Waals surface area contributed by atoms with Gasteiger partial charge in [0.05, 0.1) is 5.88 Å². The zero-order valence-electron chi connectivity index (χ0n) is 7.90. The Labute approximate surface area is 85.2 Å². The van der Waals surface area contributed by atoms with Crippen molar-refractivity contribution in [2.75, 3.05) is 12.1 Å². The fraction of sp³-hybridized carbons (Fsp3) is 0.300. The van der Waals surface area contributed by atoms with Crippen LogP contribution in [0.15, 0.2) is 24.3 Å². The normalized spacial score (nSPS) is 16.9. The van der Waals surface area contributed by atoms with E-state index in [1.807, 2.05) is 24.3 Å². The van der Waals surface area contributed by atoms with Crippen LogP contribution < -0.4 is 0 Å². The van der Waals surface area contributed by atoms with Crippen LogP contribution in [0.1, 0.15) is 15.9 Å². The van der Waals surface area contributed by atoms with E-state index in [0.717, 1.165) is 11.1 Å². The van der Waals surface area contributed by atoms with E-state index in [0.29, 0.717) is 12.4 Å². The maximum absolute atomic E-state index is 11.7. The van der Waals surface area contributed by atoms with Crippen LogP contribution in [-0.2, 0) is 17.3 Å². The van der Waals surface area contributed by atoms with Crippen molar-refractivity contribution in [2.24, 2.45) is 0 Å². The quantitative estimate of drug-likeness (QED) is 0.728. The summed E-state index contributed by atoms with van der Waals surface area (Å²) in [6, 6.07) is 7.52. The molecule has 0 saturated heterocycles. The summed E-state index contributed by atoms with van der Waals surface area (Å²) < 4.78 is 11.0.